The van der Waals surface area contributed by atoms with E-state index < -0.39 is 0 Å². The molecule has 0 bridgehead atoms. The van der Waals surface area contributed by atoms with Gasteiger partial charge in [0.15, 0.2) is 5.16 Å². The first-order valence-corrected chi connectivity index (χ1v) is 11.5. The van der Waals surface area contributed by atoms with Crippen LogP contribution >= 0.6 is 34.7 Å². The predicted octanol–water partition coefficient (Wildman–Crippen LogP) is 4.82. The molecule has 0 amide bonds. The van der Waals surface area contributed by atoms with E-state index in [9.17, 15) is 4.79 Å². The van der Waals surface area contributed by atoms with Gasteiger partial charge in [-0.3, -0.25) is 9.36 Å². The highest BCUT2D eigenvalue weighted by atomic mass is 35.5. The minimum atomic E-state index is -0.00168. The number of quaternary nitrogens is 1. The van der Waals surface area contributed by atoms with Crippen LogP contribution < -0.4 is 5.56 Å². The first kappa shape index (κ1) is 19.0. The number of hydrogen-bond donors (Lipinski definition) is 0. The number of hydrogen-bond acceptors (Lipinski definition) is 4. The highest BCUT2D eigenvalue weighted by Crippen LogP contribution is 2.25. The Morgan fingerprint density at radius 2 is 1.93 bits per heavy atom. The molecule has 2 aromatic heterocycles. The van der Waals surface area contributed by atoms with Crippen molar-refractivity contribution in [2.45, 2.75) is 24.4 Å². The standard InChI is InChI=1S/C20H23ClN3OS2/c1-24(10-3-2-4-11-24)12-14-27-20-22-17-9-13-26-18(17)19(25)23(20)16-7-5-15(21)6-8-16/h5-9,13H,2-4,10-12,14H2,1H3/q+1. The zero-order valence-electron chi connectivity index (χ0n) is 15.4. The summed E-state index contributed by atoms with van der Waals surface area (Å²) in [6, 6.07) is 9.32. The Kier molecular flexibility index (Phi) is 5.60. The smallest absolute Gasteiger partial charge is 0.276 e. The Hall–Kier alpha value is -1.34. The minimum absolute atomic E-state index is 0.00168. The molecule has 0 unspecified atom stereocenters. The fraction of sp³-hybridized carbons (Fsp3) is 0.400. The second-order valence-corrected chi connectivity index (χ2v) is 9.76. The predicted molar refractivity (Wildman–Crippen MR) is 116 cm³/mol. The Balaban J connectivity index is 1.65. The van der Waals surface area contributed by atoms with Crippen LogP contribution in [0.5, 0.6) is 0 Å². The van der Waals surface area contributed by atoms with E-state index >= 15 is 0 Å². The number of benzene rings is 1. The summed E-state index contributed by atoms with van der Waals surface area (Å²) in [5.41, 5.74) is 1.60. The Bertz CT molecular complexity index is 991. The van der Waals surface area contributed by atoms with Crippen molar-refractivity contribution in [1.82, 2.24) is 9.55 Å². The van der Waals surface area contributed by atoms with Gasteiger partial charge in [-0.25, -0.2) is 4.98 Å². The lowest BCUT2D eigenvalue weighted by Gasteiger charge is -2.37. The first-order chi connectivity index (χ1) is 13.1. The van der Waals surface area contributed by atoms with E-state index in [-0.39, 0.29) is 5.56 Å². The van der Waals surface area contributed by atoms with Crippen molar-refractivity contribution in [3.05, 3.63) is 51.1 Å². The van der Waals surface area contributed by atoms with Gasteiger partial charge < -0.3 is 4.48 Å². The van der Waals surface area contributed by atoms with Gasteiger partial charge in [0.25, 0.3) is 5.56 Å². The summed E-state index contributed by atoms with van der Waals surface area (Å²) < 4.78 is 3.55. The highest BCUT2D eigenvalue weighted by molar-refractivity contribution is 7.99. The minimum Gasteiger partial charge on any atom is -0.325 e. The van der Waals surface area contributed by atoms with Gasteiger partial charge in [-0.05, 0) is 55.0 Å². The van der Waals surface area contributed by atoms with Crippen LogP contribution in [-0.4, -0.2) is 46.5 Å². The zero-order valence-corrected chi connectivity index (χ0v) is 17.7. The van der Waals surface area contributed by atoms with E-state index in [1.807, 2.05) is 35.7 Å². The average Bonchev–Trinajstić information content (AvgIpc) is 3.12. The highest BCUT2D eigenvalue weighted by Gasteiger charge is 2.24. The Labute approximate surface area is 172 Å². The molecule has 0 radical (unpaired) electrons. The number of thiophene rings is 1. The summed E-state index contributed by atoms with van der Waals surface area (Å²) in [6.45, 7) is 3.60. The number of halogens is 1. The van der Waals surface area contributed by atoms with Gasteiger partial charge in [0.1, 0.15) is 4.70 Å². The molecule has 0 N–H and O–H groups in total. The Morgan fingerprint density at radius 3 is 2.67 bits per heavy atom. The number of likely N-dealkylation sites (tertiary alicyclic amines) is 1. The second-order valence-electron chi connectivity index (χ2n) is 7.35. The van der Waals surface area contributed by atoms with Crippen LogP contribution in [0, 0.1) is 0 Å². The van der Waals surface area contributed by atoms with Gasteiger partial charge in [-0.2, -0.15) is 0 Å². The number of fused-ring (bicyclic) bond motifs is 1. The summed E-state index contributed by atoms with van der Waals surface area (Å²) in [5, 5.41) is 3.35. The maximum absolute atomic E-state index is 13.1. The van der Waals surface area contributed by atoms with Crippen LogP contribution in [0.15, 0.2) is 45.7 Å². The molecule has 1 aromatic carbocycles. The summed E-state index contributed by atoms with van der Waals surface area (Å²) in [4.78, 5) is 17.9. The summed E-state index contributed by atoms with van der Waals surface area (Å²) in [7, 11) is 2.35. The van der Waals surface area contributed by atoms with Crippen molar-refractivity contribution in [2.75, 3.05) is 32.4 Å². The SMILES string of the molecule is C[N+]1(CCSc2nc3ccsc3c(=O)n2-c2ccc(Cl)cc2)CCCCC1. The van der Waals surface area contributed by atoms with E-state index in [0.717, 1.165) is 33.1 Å². The lowest BCUT2D eigenvalue weighted by Crippen LogP contribution is -2.49. The molecule has 142 valence electrons. The molecule has 4 rings (SSSR count). The molecule has 0 saturated carbocycles. The number of rotatable bonds is 5. The first-order valence-electron chi connectivity index (χ1n) is 9.28. The van der Waals surface area contributed by atoms with E-state index in [1.54, 1.807) is 16.3 Å². The van der Waals surface area contributed by atoms with Crippen molar-refractivity contribution in [2.24, 2.45) is 0 Å². The summed E-state index contributed by atoms with van der Waals surface area (Å²) >= 11 is 9.16. The van der Waals surface area contributed by atoms with E-state index in [0.29, 0.717) is 9.72 Å². The van der Waals surface area contributed by atoms with Crippen molar-refractivity contribution >= 4 is 44.9 Å². The van der Waals surface area contributed by atoms with Crippen LogP contribution in [-0.2, 0) is 0 Å². The molecule has 3 heterocycles. The molecule has 1 aliphatic rings. The third-order valence-corrected chi connectivity index (χ3v) is 7.35. The molecule has 3 aromatic rings. The third-order valence-electron chi connectivity index (χ3n) is 5.29. The van der Waals surface area contributed by atoms with E-state index in [1.165, 1.54) is 43.7 Å². The average molecular weight is 421 g/mol. The van der Waals surface area contributed by atoms with Gasteiger partial charge >= 0.3 is 0 Å². The van der Waals surface area contributed by atoms with E-state index in [4.69, 9.17) is 16.6 Å². The lowest BCUT2D eigenvalue weighted by molar-refractivity contribution is -0.911. The quantitative estimate of drug-likeness (QED) is 0.337. The third kappa shape index (κ3) is 4.09. The van der Waals surface area contributed by atoms with Crippen molar-refractivity contribution in [3.8, 4) is 5.69 Å². The summed E-state index contributed by atoms with van der Waals surface area (Å²) in [5.74, 6) is 0.951. The number of aromatic nitrogens is 2. The van der Waals surface area contributed by atoms with Crippen molar-refractivity contribution < 1.29 is 4.48 Å². The molecule has 0 aliphatic carbocycles. The van der Waals surface area contributed by atoms with Crippen LogP contribution in [0.3, 0.4) is 0 Å². The molecular formula is C20H23ClN3OS2+. The van der Waals surface area contributed by atoms with Crippen molar-refractivity contribution in [3.63, 3.8) is 0 Å². The van der Waals surface area contributed by atoms with Gasteiger partial charge in [0.05, 0.1) is 43.6 Å². The zero-order chi connectivity index (χ0) is 18.9. The molecule has 0 spiro atoms. The Morgan fingerprint density at radius 1 is 1.19 bits per heavy atom. The maximum atomic E-state index is 13.1. The lowest BCUT2D eigenvalue weighted by atomic mass is 10.1. The van der Waals surface area contributed by atoms with Gasteiger partial charge in [-0.1, -0.05) is 23.4 Å². The van der Waals surface area contributed by atoms with E-state index in [2.05, 4.69) is 7.05 Å². The molecule has 1 aliphatic heterocycles. The number of piperidine rings is 1. The second kappa shape index (κ2) is 7.95. The number of thioether (sulfide) groups is 1. The number of nitrogens with zero attached hydrogens (tertiary/aromatic N) is 3. The van der Waals surface area contributed by atoms with Crippen LogP contribution in [0.4, 0.5) is 0 Å². The van der Waals surface area contributed by atoms with Crippen LogP contribution in [0.25, 0.3) is 15.9 Å². The molecular weight excluding hydrogens is 398 g/mol. The molecule has 27 heavy (non-hydrogen) atoms. The van der Waals surface area contributed by atoms with Crippen LogP contribution in [0.1, 0.15) is 19.3 Å². The largest absolute Gasteiger partial charge is 0.325 e. The monoisotopic (exact) mass is 420 g/mol. The van der Waals surface area contributed by atoms with Crippen LogP contribution in [0.2, 0.25) is 5.02 Å². The van der Waals surface area contributed by atoms with Crippen molar-refractivity contribution in [1.29, 1.82) is 0 Å². The molecule has 7 heteroatoms. The molecule has 4 nitrogen and oxygen atoms in total. The maximum Gasteiger partial charge on any atom is 0.276 e. The molecule has 1 saturated heterocycles. The fourth-order valence-electron chi connectivity index (χ4n) is 3.66. The summed E-state index contributed by atoms with van der Waals surface area (Å²) in [6.07, 6.45) is 3.99. The fourth-order valence-corrected chi connectivity index (χ4v) is 5.74. The van der Waals surface area contributed by atoms with Gasteiger partial charge in [-0.15, -0.1) is 11.3 Å². The van der Waals surface area contributed by atoms with Gasteiger partial charge in [0, 0.05) is 5.02 Å². The van der Waals surface area contributed by atoms with Gasteiger partial charge in [0.2, 0.25) is 0 Å². The molecule has 0 atom stereocenters. The topological polar surface area (TPSA) is 34.9 Å². The normalized spacial score (nSPS) is 16.7. The molecule has 1 fully saturated rings.